The molecule has 0 unspecified atom stereocenters. The molecule has 0 bridgehead atoms. The van der Waals surface area contributed by atoms with Crippen molar-refractivity contribution in [3.8, 4) is 6.01 Å². The average molecular weight is 346 g/mol. The lowest BCUT2D eigenvalue weighted by Gasteiger charge is -2.12. The molecule has 3 rings (SSSR count). The summed E-state index contributed by atoms with van der Waals surface area (Å²) in [5.41, 5.74) is 6.50. The first kappa shape index (κ1) is 13.9. The summed E-state index contributed by atoms with van der Waals surface area (Å²) in [5, 5.41) is 0. The van der Waals surface area contributed by atoms with Gasteiger partial charge in [0.25, 0.3) is 0 Å². The van der Waals surface area contributed by atoms with Gasteiger partial charge in [0.05, 0.1) is 24.2 Å². The van der Waals surface area contributed by atoms with Crippen LogP contribution in [0.4, 0.5) is 0 Å². The Morgan fingerprint density at radius 1 is 1.14 bits per heavy atom. The Balaban J connectivity index is 1.87. The van der Waals surface area contributed by atoms with Crippen molar-refractivity contribution in [1.29, 1.82) is 0 Å². The lowest BCUT2D eigenvalue weighted by Crippen LogP contribution is -2.16. The second-order valence-corrected chi connectivity index (χ2v) is 5.53. The summed E-state index contributed by atoms with van der Waals surface area (Å²) in [6.07, 6.45) is 0. The Labute approximate surface area is 131 Å². The van der Waals surface area contributed by atoms with Crippen molar-refractivity contribution in [1.82, 2.24) is 9.66 Å². The fourth-order valence-corrected chi connectivity index (χ4v) is 2.42. The van der Waals surface area contributed by atoms with Crippen molar-refractivity contribution in [2.75, 3.05) is 12.0 Å². The average Bonchev–Trinajstić information content (AvgIpc) is 2.85. The van der Waals surface area contributed by atoms with Gasteiger partial charge in [-0.3, -0.25) is 0 Å². The molecule has 2 aromatic carbocycles. The van der Waals surface area contributed by atoms with Gasteiger partial charge in [-0.1, -0.05) is 40.2 Å². The van der Waals surface area contributed by atoms with Gasteiger partial charge in [-0.2, -0.15) is 4.98 Å². The normalized spacial score (nSPS) is 10.8. The predicted molar refractivity (Wildman–Crippen MR) is 88.1 cm³/mol. The lowest BCUT2D eigenvalue weighted by molar-refractivity contribution is 0.304. The first-order valence-corrected chi connectivity index (χ1v) is 7.66. The van der Waals surface area contributed by atoms with E-state index in [1.54, 1.807) is 0 Å². The third-order valence-corrected chi connectivity index (χ3v) is 3.69. The van der Waals surface area contributed by atoms with Gasteiger partial charge < -0.3 is 10.2 Å². The quantitative estimate of drug-likeness (QED) is 0.761. The van der Waals surface area contributed by atoms with Crippen LogP contribution in [0, 0.1) is 0 Å². The van der Waals surface area contributed by atoms with E-state index in [1.165, 1.54) is 5.56 Å². The molecule has 108 valence electrons. The van der Waals surface area contributed by atoms with Crippen molar-refractivity contribution >= 4 is 27.0 Å². The molecule has 1 heterocycles. The van der Waals surface area contributed by atoms with Gasteiger partial charge in [0.15, 0.2) is 0 Å². The molecule has 0 aliphatic rings. The zero-order chi connectivity index (χ0) is 14.7. The van der Waals surface area contributed by atoms with Crippen LogP contribution < -0.4 is 10.2 Å². The molecule has 0 aliphatic heterocycles. The molecule has 4 nitrogen and oxygen atoms in total. The molecule has 0 saturated heterocycles. The van der Waals surface area contributed by atoms with Gasteiger partial charge in [0, 0.05) is 4.47 Å². The minimum Gasteiger partial charge on any atom is -0.464 e. The van der Waals surface area contributed by atoms with Crippen LogP contribution in [0.5, 0.6) is 6.01 Å². The number of hydrogen-bond donors (Lipinski definition) is 1. The second kappa shape index (κ2) is 6.18. The van der Waals surface area contributed by atoms with Crippen LogP contribution in [0.2, 0.25) is 0 Å². The maximum Gasteiger partial charge on any atom is 0.316 e. The van der Waals surface area contributed by atoms with Gasteiger partial charge in [0.1, 0.15) is 0 Å². The Morgan fingerprint density at radius 3 is 2.67 bits per heavy atom. The SMILES string of the molecule is CCOc1nc2ccccc2n1NCc1ccc(Br)cc1. The summed E-state index contributed by atoms with van der Waals surface area (Å²) in [5.74, 6) is 0. The molecule has 0 spiro atoms. The molecule has 1 aromatic heterocycles. The number of imidazole rings is 1. The molecule has 0 amide bonds. The smallest absolute Gasteiger partial charge is 0.316 e. The molecule has 1 N–H and O–H groups in total. The summed E-state index contributed by atoms with van der Waals surface area (Å²) >= 11 is 3.44. The summed E-state index contributed by atoms with van der Waals surface area (Å²) in [6, 6.07) is 16.8. The Kier molecular flexibility index (Phi) is 4.10. The van der Waals surface area contributed by atoms with E-state index >= 15 is 0 Å². The van der Waals surface area contributed by atoms with Crippen LogP contribution in [0.25, 0.3) is 11.0 Å². The highest BCUT2D eigenvalue weighted by atomic mass is 79.9. The summed E-state index contributed by atoms with van der Waals surface area (Å²) in [7, 11) is 0. The molecule has 0 fully saturated rings. The minimum absolute atomic E-state index is 0.587. The maximum absolute atomic E-state index is 5.61. The Bertz CT molecular complexity index is 737. The molecule has 5 heteroatoms. The van der Waals surface area contributed by atoms with Gasteiger partial charge in [-0.25, -0.2) is 4.68 Å². The van der Waals surface area contributed by atoms with Crippen molar-refractivity contribution < 1.29 is 4.74 Å². The number of hydrogen-bond acceptors (Lipinski definition) is 3. The number of fused-ring (bicyclic) bond motifs is 1. The zero-order valence-electron chi connectivity index (χ0n) is 11.7. The first-order valence-electron chi connectivity index (χ1n) is 6.86. The second-order valence-electron chi connectivity index (χ2n) is 4.61. The van der Waals surface area contributed by atoms with Crippen LogP contribution in [-0.2, 0) is 6.54 Å². The lowest BCUT2D eigenvalue weighted by atomic mass is 10.2. The fourth-order valence-electron chi connectivity index (χ4n) is 2.16. The van der Waals surface area contributed by atoms with Crippen LogP contribution in [0.3, 0.4) is 0 Å². The number of benzene rings is 2. The number of nitrogens with one attached hydrogen (secondary N) is 1. The van der Waals surface area contributed by atoms with E-state index < -0.39 is 0 Å². The maximum atomic E-state index is 5.61. The highest BCUT2D eigenvalue weighted by Crippen LogP contribution is 2.20. The molecular weight excluding hydrogens is 330 g/mol. The molecule has 0 radical (unpaired) electrons. The van der Waals surface area contributed by atoms with Gasteiger partial charge in [-0.05, 0) is 36.8 Å². The Morgan fingerprint density at radius 2 is 1.90 bits per heavy atom. The molecule has 3 aromatic rings. The predicted octanol–water partition coefficient (Wildman–Crippen LogP) is 3.94. The number of halogens is 1. The summed E-state index contributed by atoms with van der Waals surface area (Å²) in [6.45, 7) is 3.25. The van der Waals surface area contributed by atoms with E-state index in [2.05, 4.69) is 38.5 Å². The molecule has 21 heavy (non-hydrogen) atoms. The Hall–Kier alpha value is -2.01. The number of aromatic nitrogens is 2. The van der Waals surface area contributed by atoms with Crippen LogP contribution in [0.1, 0.15) is 12.5 Å². The third kappa shape index (κ3) is 3.03. The van der Waals surface area contributed by atoms with Crippen molar-refractivity contribution in [3.63, 3.8) is 0 Å². The molecular formula is C16H16BrN3O. The number of ether oxygens (including phenoxy) is 1. The first-order chi connectivity index (χ1) is 10.3. The van der Waals surface area contributed by atoms with Crippen LogP contribution in [0.15, 0.2) is 53.0 Å². The topological polar surface area (TPSA) is 39.1 Å². The van der Waals surface area contributed by atoms with Gasteiger partial charge in [0.2, 0.25) is 0 Å². The van der Waals surface area contributed by atoms with Gasteiger partial charge >= 0.3 is 6.01 Å². The van der Waals surface area contributed by atoms with E-state index in [4.69, 9.17) is 4.74 Å². The number of rotatable bonds is 5. The fraction of sp³-hybridized carbons (Fsp3) is 0.188. The monoisotopic (exact) mass is 345 g/mol. The van der Waals surface area contributed by atoms with Gasteiger partial charge in [-0.15, -0.1) is 0 Å². The van der Waals surface area contributed by atoms with E-state index in [-0.39, 0.29) is 0 Å². The molecule has 0 aliphatic carbocycles. The van der Waals surface area contributed by atoms with E-state index in [0.29, 0.717) is 19.2 Å². The molecule has 0 atom stereocenters. The largest absolute Gasteiger partial charge is 0.464 e. The summed E-state index contributed by atoms with van der Waals surface area (Å²) in [4.78, 5) is 4.50. The van der Waals surface area contributed by atoms with Crippen LogP contribution >= 0.6 is 15.9 Å². The minimum atomic E-state index is 0.587. The van der Waals surface area contributed by atoms with Crippen molar-refractivity contribution in [2.24, 2.45) is 0 Å². The highest BCUT2D eigenvalue weighted by Gasteiger charge is 2.10. The summed E-state index contributed by atoms with van der Waals surface area (Å²) < 4.78 is 8.59. The van der Waals surface area contributed by atoms with E-state index in [9.17, 15) is 0 Å². The van der Waals surface area contributed by atoms with E-state index in [1.807, 2.05) is 48.0 Å². The van der Waals surface area contributed by atoms with Crippen molar-refractivity contribution in [3.05, 3.63) is 58.6 Å². The zero-order valence-corrected chi connectivity index (χ0v) is 13.3. The molecule has 0 saturated carbocycles. The highest BCUT2D eigenvalue weighted by molar-refractivity contribution is 9.10. The van der Waals surface area contributed by atoms with Crippen molar-refractivity contribution in [2.45, 2.75) is 13.5 Å². The van der Waals surface area contributed by atoms with E-state index in [0.717, 1.165) is 15.5 Å². The number of nitrogens with zero attached hydrogens (tertiary/aromatic N) is 2. The number of para-hydroxylation sites is 2. The van der Waals surface area contributed by atoms with Crippen LogP contribution in [-0.4, -0.2) is 16.3 Å². The standard InChI is InChI=1S/C16H16BrN3O/c1-2-21-16-19-14-5-3-4-6-15(14)20(16)18-11-12-7-9-13(17)10-8-12/h3-10,18H,2,11H2,1H3. The third-order valence-electron chi connectivity index (χ3n) is 3.16.